The molecule has 2 aromatic carbocycles. The molecule has 4 aromatic rings. The Balaban J connectivity index is 0.000000190. The van der Waals surface area contributed by atoms with Crippen LogP contribution in [-0.4, -0.2) is 77.1 Å². The highest BCUT2D eigenvalue weighted by Gasteiger charge is 2.55. The minimum Gasteiger partial charge on any atom is -0.465 e. The monoisotopic (exact) mass is 784 g/mol. The van der Waals surface area contributed by atoms with Crippen LogP contribution in [0.1, 0.15) is 82.6 Å². The first-order valence-corrected chi connectivity index (χ1v) is 17.8. The van der Waals surface area contributed by atoms with Crippen molar-refractivity contribution in [2.45, 2.75) is 83.1 Å². The molecular formula is C36H42Br2N4O6. The summed E-state index contributed by atoms with van der Waals surface area (Å²) >= 11 is 6.80. The van der Waals surface area contributed by atoms with Gasteiger partial charge in [-0.15, -0.1) is 0 Å². The third kappa shape index (κ3) is 7.03. The quantitative estimate of drug-likeness (QED) is 0.151. The zero-order valence-corrected chi connectivity index (χ0v) is 30.5. The first-order chi connectivity index (χ1) is 22.8. The van der Waals surface area contributed by atoms with Crippen molar-refractivity contribution >= 4 is 65.9 Å². The summed E-state index contributed by atoms with van der Waals surface area (Å²) in [5, 5.41) is 43.4. The van der Waals surface area contributed by atoms with Crippen LogP contribution in [0.3, 0.4) is 0 Å². The van der Waals surface area contributed by atoms with Crippen molar-refractivity contribution < 1.29 is 30.0 Å². The van der Waals surface area contributed by atoms with Gasteiger partial charge in [-0.3, -0.25) is 4.90 Å². The fraction of sp³-hybridized carbons (Fsp3) is 0.444. The maximum Gasteiger partial charge on any atom is 0.407 e. The molecule has 6 rings (SSSR count). The molecule has 0 radical (unpaired) electrons. The number of hydrogen-bond donors (Lipinski definition) is 4. The van der Waals surface area contributed by atoms with Gasteiger partial charge in [-0.05, 0) is 111 Å². The van der Waals surface area contributed by atoms with Gasteiger partial charge in [0.05, 0.1) is 22.6 Å². The number of aromatic nitrogens is 2. The lowest BCUT2D eigenvalue weighted by molar-refractivity contribution is -0.106. The van der Waals surface area contributed by atoms with Gasteiger partial charge >= 0.3 is 12.2 Å². The zero-order chi connectivity index (χ0) is 34.8. The predicted molar refractivity (Wildman–Crippen MR) is 192 cm³/mol. The average molecular weight is 787 g/mol. The molecule has 0 spiro atoms. The van der Waals surface area contributed by atoms with Crippen LogP contribution in [-0.2, 0) is 0 Å². The summed E-state index contributed by atoms with van der Waals surface area (Å²) in [6.45, 7) is 6.94. The van der Waals surface area contributed by atoms with Crippen LogP contribution < -0.4 is 0 Å². The Hall–Kier alpha value is -3.32. The van der Waals surface area contributed by atoms with Gasteiger partial charge in [0.25, 0.3) is 0 Å². The molecule has 4 atom stereocenters. The van der Waals surface area contributed by atoms with E-state index in [1.807, 2.05) is 75.4 Å². The summed E-state index contributed by atoms with van der Waals surface area (Å²) in [6, 6.07) is 18.4. The molecule has 0 aliphatic carbocycles. The van der Waals surface area contributed by atoms with Crippen molar-refractivity contribution in [2.24, 2.45) is 5.41 Å². The highest BCUT2D eigenvalue weighted by Crippen LogP contribution is 2.51. The van der Waals surface area contributed by atoms with Gasteiger partial charge in [-0.2, -0.15) is 0 Å². The number of likely N-dealkylation sites (tertiary alicyclic amines) is 2. The normalized spacial score (nSPS) is 21.4. The molecule has 0 bridgehead atoms. The molecule has 2 fully saturated rings. The third-order valence-electron chi connectivity index (χ3n) is 9.86. The third-order valence-corrected chi connectivity index (χ3v) is 10.7. The fourth-order valence-corrected chi connectivity index (χ4v) is 8.41. The van der Waals surface area contributed by atoms with E-state index in [0.29, 0.717) is 40.7 Å². The molecule has 0 unspecified atom stereocenters. The lowest BCUT2D eigenvalue weighted by Gasteiger charge is -2.56. The van der Waals surface area contributed by atoms with Crippen LogP contribution in [0.25, 0.3) is 21.8 Å². The van der Waals surface area contributed by atoms with Gasteiger partial charge < -0.3 is 25.3 Å². The fourth-order valence-electron chi connectivity index (χ4n) is 7.54. The van der Waals surface area contributed by atoms with E-state index in [4.69, 9.17) is 0 Å². The molecule has 2 saturated heterocycles. The predicted octanol–water partition coefficient (Wildman–Crippen LogP) is 8.54. The standard InChI is InChI=1S/C20H25BrN2O3.C16H17BrN2O3/c1-19(2,3)20(10-6-7-11-23(20)18(25)26)17(24)14-12-16(21)22-15-9-5-4-8-13(14)15;17-14-9-11(10-5-1-2-6-12(10)18-14)15(20)13-7-3-4-8-19(13)16(21)22/h4-5,8-9,12,17,24H,6-7,10-11H2,1-3H3,(H,25,26);1-2,5-6,9,13,15,20H,3-4,7-8H2,(H,21,22)/t17-,20+;13-,15-/m01/s1. The number of nitrogens with zero attached hydrogens (tertiary/aromatic N) is 4. The number of benzene rings is 2. The number of halogens is 2. The Kier molecular flexibility index (Phi) is 11.0. The molecule has 10 nitrogen and oxygen atoms in total. The van der Waals surface area contributed by atoms with Crippen LogP contribution >= 0.6 is 31.9 Å². The molecule has 12 heteroatoms. The minimum absolute atomic E-state index is 0.413. The number of aliphatic hydroxyl groups excluding tert-OH is 2. The highest BCUT2D eigenvalue weighted by molar-refractivity contribution is 9.10. The van der Waals surface area contributed by atoms with Gasteiger partial charge in [0.15, 0.2) is 0 Å². The van der Waals surface area contributed by atoms with Crippen molar-refractivity contribution in [1.82, 2.24) is 19.8 Å². The summed E-state index contributed by atoms with van der Waals surface area (Å²) in [6.07, 6.45) is 1.01. The van der Waals surface area contributed by atoms with Crippen molar-refractivity contribution in [3.63, 3.8) is 0 Å². The molecule has 256 valence electrons. The number of carboxylic acid groups (broad SMARTS) is 2. The maximum atomic E-state index is 12.1. The van der Waals surface area contributed by atoms with Crippen molar-refractivity contribution in [3.8, 4) is 0 Å². The first-order valence-electron chi connectivity index (χ1n) is 16.2. The van der Waals surface area contributed by atoms with Crippen molar-refractivity contribution in [1.29, 1.82) is 0 Å². The van der Waals surface area contributed by atoms with Crippen molar-refractivity contribution in [2.75, 3.05) is 13.1 Å². The molecule has 2 aromatic heterocycles. The molecular weight excluding hydrogens is 744 g/mol. The molecule has 0 saturated carbocycles. The molecule has 4 heterocycles. The number of piperidine rings is 2. The van der Waals surface area contributed by atoms with Crippen molar-refractivity contribution in [3.05, 3.63) is 81.0 Å². The number of para-hydroxylation sites is 2. The second-order valence-electron chi connectivity index (χ2n) is 13.6. The van der Waals surface area contributed by atoms with E-state index in [-0.39, 0.29) is 0 Å². The molecule has 2 aliphatic heterocycles. The summed E-state index contributed by atoms with van der Waals surface area (Å²) in [5.41, 5.74) is 1.64. The minimum atomic E-state index is -0.976. The SMILES string of the molecule is CC(C)(C)[C@]1([C@@H](O)c2cc(Br)nc3ccccc23)CCCCN1C(=O)O.O=C(O)N1CCCC[C@@H]1[C@H](O)c1cc(Br)nc2ccccc12. The number of rotatable bonds is 4. The van der Waals surface area contributed by atoms with E-state index < -0.39 is 41.4 Å². The topological polar surface area (TPSA) is 147 Å². The lowest BCUT2D eigenvalue weighted by Crippen LogP contribution is -2.64. The smallest absolute Gasteiger partial charge is 0.407 e. The Labute approximate surface area is 297 Å². The van der Waals surface area contributed by atoms with E-state index in [1.165, 1.54) is 9.80 Å². The summed E-state index contributed by atoms with van der Waals surface area (Å²) in [5.74, 6) is 0. The second kappa shape index (κ2) is 14.7. The summed E-state index contributed by atoms with van der Waals surface area (Å²) in [7, 11) is 0. The number of amides is 2. The number of aliphatic hydroxyl groups is 2. The van der Waals surface area contributed by atoms with Crippen LogP contribution in [0.4, 0.5) is 9.59 Å². The molecule has 2 aliphatic rings. The van der Waals surface area contributed by atoms with Gasteiger partial charge in [0, 0.05) is 23.9 Å². The average Bonchev–Trinajstić information content (AvgIpc) is 3.06. The second-order valence-corrected chi connectivity index (χ2v) is 15.2. The maximum absolute atomic E-state index is 12.1. The van der Waals surface area contributed by atoms with E-state index in [9.17, 15) is 30.0 Å². The Bertz CT molecular complexity index is 1800. The highest BCUT2D eigenvalue weighted by atomic mass is 79.9. The van der Waals surface area contributed by atoms with E-state index in [0.717, 1.165) is 53.1 Å². The number of carbonyl (C=O) groups is 2. The van der Waals surface area contributed by atoms with Crippen LogP contribution in [0.15, 0.2) is 69.9 Å². The largest absolute Gasteiger partial charge is 0.465 e. The van der Waals surface area contributed by atoms with Crippen LogP contribution in [0, 0.1) is 5.41 Å². The Morgan fingerprint density at radius 3 is 1.92 bits per heavy atom. The van der Waals surface area contributed by atoms with E-state index >= 15 is 0 Å². The Morgan fingerprint density at radius 1 is 0.812 bits per heavy atom. The molecule has 4 N–H and O–H groups in total. The van der Waals surface area contributed by atoms with Gasteiger partial charge in [0.2, 0.25) is 0 Å². The number of fused-ring (bicyclic) bond motifs is 2. The van der Waals surface area contributed by atoms with E-state index in [2.05, 4.69) is 41.8 Å². The summed E-state index contributed by atoms with van der Waals surface area (Å²) < 4.78 is 1.27. The number of pyridine rings is 2. The summed E-state index contributed by atoms with van der Waals surface area (Å²) in [4.78, 5) is 35.2. The van der Waals surface area contributed by atoms with Gasteiger partial charge in [-0.1, -0.05) is 57.2 Å². The van der Waals surface area contributed by atoms with Gasteiger partial charge in [-0.25, -0.2) is 19.6 Å². The number of hydrogen-bond acceptors (Lipinski definition) is 6. The van der Waals surface area contributed by atoms with E-state index in [1.54, 1.807) is 6.07 Å². The zero-order valence-electron chi connectivity index (χ0n) is 27.3. The van der Waals surface area contributed by atoms with Crippen LogP contribution in [0.5, 0.6) is 0 Å². The first kappa shape index (κ1) is 36.0. The van der Waals surface area contributed by atoms with Crippen LogP contribution in [0.2, 0.25) is 0 Å². The molecule has 2 amide bonds. The molecule has 48 heavy (non-hydrogen) atoms. The Morgan fingerprint density at radius 2 is 1.35 bits per heavy atom. The van der Waals surface area contributed by atoms with Gasteiger partial charge in [0.1, 0.15) is 21.4 Å². The lowest BCUT2D eigenvalue weighted by atomic mass is 9.63.